The van der Waals surface area contributed by atoms with Crippen molar-refractivity contribution in [3.63, 3.8) is 0 Å². The molecule has 1 aliphatic carbocycles. The van der Waals surface area contributed by atoms with Gasteiger partial charge >= 0.3 is 0 Å². The summed E-state index contributed by atoms with van der Waals surface area (Å²) in [6, 6.07) is 14.8. The second kappa shape index (κ2) is 7.98. The van der Waals surface area contributed by atoms with Crippen LogP contribution < -0.4 is 4.74 Å². The quantitative estimate of drug-likeness (QED) is 0.751. The van der Waals surface area contributed by atoms with Crippen molar-refractivity contribution in [1.29, 1.82) is 0 Å². The van der Waals surface area contributed by atoms with E-state index in [1.807, 2.05) is 36.4 Å². The lowest BCUT2D eigenvalue weighted by Crippen LogP contribution is -2.36. The van der Waals surface area contributed by atoms with Crippen LogP contribution in [-0.2, 0) is 21.7 Å². The molecule has 0 aromatic heterocycles. The largest absolute Gasteiger partial charge is 0.489 e. The van der Waals surface area contributed by atoms with E-state index in [1.165, 1.54) is 6.07 Å². The lowest BCUT2D eigenvalue weighted by atomic mass is 9.78. The molecule has 1 saturated carbocycles. The average molecular weight is 344 g/mol. The first-order valence-corrected chi connectivity index (χ1v) is 8.71. The molecule has 0 unspecified atom stereocenters. The van der Waals surface area contributed by atoms with Crippen LogP contribution in [0.3, 0.4) is 0 Å². The third-order valence-electron chi connectivity index (χ3n) is 5.11. The van der Waals surface area contributed by atoms with Crippen molar-refractivity contribution < 1.29 is 18.6 Å². The van der Waals surface area contributed by atoms with Gasteiger partial charge in [-0.15, -0.1) is 0 Å². The molecule has 4 heteroatoms. The summed E-state index contributed by atoms with van der Waals surface area (Å²) in [4.78, 5) is 0. The summed E-state index contributed by atoms with van der Waals surface area (Å²) in [6.07, 6.45) is 3.68. The molecule has 134 valence electrons. The average Bonchev–Trinajstić information content (AvgIpc) is 2.67. The van der Waals surface area contributed by atoms with Crippen LogP contribution in [0.4, 0.5) is 4.39 Å². The maximum atomic E-state index is 14.2. The predicted molar refractivity (Wildman–Crippen MR) is 95.1 cm³/mol. The van der Waals surface area contributed by atoms with E-state index in [4.69, 9.17) is 14.2 Å². The molecule has 0 bridgehead atoms. The van der Waals surface area contributed by atoms with Gasteiger partial charge in [-0.1, -0.05) is 30.3 Å². The first-order chi connectivity index (χ1) is 12.1. The summed E-state index contributed by atoms with van der Waals surface area (Å²) in [5.41, 5.74) is 1.42. The number of ether oxygens (including phenoxy) is 3. The van der Waals surface area contributed by atoms with Crippen molar-refractivity contribution in [3.05, 3.63) is 65.5 Å². The lowest BCUT2D eigenvalue weighted by Gasteiger charge is -2.39. The van der Waals surface area contributed by atoms with Crippen LogP contribution in [0, 0.1) is 5.82 Å². The summed E-state index contributed by atoms with van der Waals surface area (Å²) in [6.45, 7) is 0.412. The van der Waals surface area contributed by atoms with E-state index in [9.17, 15) is 4.39 Å². The van der Waals surface area contributed by atoms with Crippen LogP contribution in [-0.4, -0.2) is 20.3 Å². The Morgan fingerprint density at radius 1 is 1.04 bits per heavy atom. The summed E-state index contributed by atoms with van der Waals surface area (Å²) >= 11 is 0. The molecule has 3 nitrogen and oxygen atoms in total. The molecule has 2 aromatic carbocycles. The van der Waals surface area contributed by atoms with E-state index in [0.717, 1.165) is 36.8 Å². The van der Waals surface area contributed by atoms with Crippen LogP contribution in [0.2, 0.25) is 0 Å². The maximum absolute atomic E-state index is 14.2. The first-order valence-electron chi connectivity index (χ1n) is 8.71. The molecular weight excluding hydrogens is 319 g/mol. The fourth-order valence-corrected chi connectivity index (χ4v) is 3.55. The van der Waals surface area contributed by atoms with Crippen molar-refractivity contribution in [3.8, 4) is 5.75 Å². The molecular formula is C21H25FO3. The minimum atomic E-state index is -0.470. The standard InChI is InChI=1S/C21H25FO3/c1-23-19-8-10-21(24-2,11-9-19)17-12-18(22)14-20(13-17)25-15-16-6-4-3-5-7-16/h3-7,12-14,19H,8-11,15H2,1-2H3. The predicted octanol–water partition coefficient (Wildman–Crippen LogP) is 4.84. The lowest BCUT2D eigenvalue weighted by molar-refractivity contribution is -0.0764. The third kappa shape index (κ3) is 4.20. The Morgan fingerprint density at radius 2 is 1.76 bits per heavy atom. The fraction of sp³-hybridized carbons (Fsp3) is 0.429. The molecule has 1 fully saturated rings. The number of hydrogen-bond acceptors (Lipinski definition) is 3. The molecule has 0 aliphatic heterocycles. The highest BCUT2D eigenvalue weighted by molar-refractivity contribution is 5.34. The monoisotopic (exact) mass is 344 g/mol. The van der Waals surface area contributed by atoms with Crippen LogP contribution in [0.15, 0.2) is 48.5 Å². The molecule has 0 atom stereocenters. The van der Waals surface area contributed by atoms with Crippen LogP contribution in [0.5, 0.6) is 5.75 Å². The van der Waals surface area contributed by atoms with Crippen molar-refractivity contribution in [2.24, 2.45) is 0 Å². The highest BCUT2D eigenvalue weighted by Gasteiger charge is 2.37. The number of methoxy groups -OCH3 is 2. The SMILES string of the molecule is COC1CCC(OC)(c2cc(F)cc(OCc3ccccc3)c2)CC1. The Labute approximate surface area is 148 Å². The minimum absolute atomic E-state index is 0.255. The Kier molecular flexibility index (Phi) is 5.71. The summed E-state index contributed by atoms with van der Waals surface area (Å²) < 4.78 is 31.3. The van der Waals surface area contributed by atoms with Gasteiger partial charge in [0.1, 0.15) is 18.2 Å². The molecule has 25 heavy (non-hydrogen) atoms. The number of hydrogen-bond donors (Lipinski definition) is 0. The van der Waals surface area contributed by atoms with Gasteiger partial charge in [-0.25, -0.2) is 4.39 Å². The topological polar surface area (TPSA) is 27.7 Å². The smallest absolute Gasteiger partial charge is 0.127 e. The Hall–Kier alpha value is -1.91. The van der Waals surface area contributed by atoms with E-state index in [0.29, 0.717) is 12.4 Å². The molecule has 0 amide bonds. The highest BCUT2D eigenvalue weighted by Crippen LogP contribution is 2.42. The van der Waals surface area contributed by atoms with Gasteiger partial charge in [-0.3, -0.25) is 0 Å². The molecule has 2 aromatic rings. The minimum Gasteiger partial charge on any atom is -0.489 e. The molecule has 0 spiro atoms. The Balaban J connectivity index is 1.78. The van der Waals surface area contributed by atoms with E-state index in [-0.39, 0.29) is 11.9 Å². The van der Waals surface area contributed by atoms with Crippen molar-refractivity contribution in [1.82, 2.24) is 0 Å². The van der Waals surface area contributed by atoms with Gasteiger partial charge in [0.05, 0.1) is 11.7 Å². The van der Waals surface area contributed by atoms with E-state index >= 15 is 0 Å². The van der Waals surface area contributed by atoms with Crippen LogP contribution in [0.1, 0.15) is 36.8 Å². The Morgan fingerprint density at radius 3 is 2.40 bits per heavy atom. The highest BCUT2D eigenvalue weighted by atomic mass is 19.1. The van der Waals surface area contributed by atoms with E-state index in [2.05, 4.69) is 0 Å². The van der Waals surface area contributed by atoms with Gasteiger partial charge in [-0.05, 0) is 48.9 Å². The molecule has 0 radical (unpaired) electrons. The first kappa shape index (κ1) is 17.9. The number of halogens is 1. The molecule has 0 heterocycles. The van der Waals surface area contributed by atoms with E-state index < -0.39 is 5.60 Å². The van der Waals surface area contributed by atoms with Crippen LogP contribution in [0.25, 0.3) is 0 Å². The van der Waals surface area contributed by atoms with Gasteiger partial charge in [-0.2, -0.15) is 0 Å². The van der Waals surface area contributed by atoms with Gasteiger partial charge < -0.3 is 14.2 Å². The summed E-state index contributed by atoms with van der Waals surface area (Å²) in [5.74, 6) is 0.231. The fourth-order valence-electron chi connectivity index (χ4n) is 3.55. The van der Waals surface area contributed by atoms with Gasteiger partial charge in [0.25, 0.3) is 0 Å². The Bertz CT molecular complexity index is 679. The molecule has 3 rings (SSSR count). The van der Waals surface area contributed by atoms with Crippen molar-refractivity contribution >= 4 is 0 Å². The second-order valence-corrected chi connectivity index (χ2v) is 6.58. The zero-order chi connectivity index (χ0) is 17.7. The zero-order valence-electron chi connectivity index (χ0n) is 14.8. The van der Waals surface area contributed by atoms with Gasteiger partial charge in [0.15, 0.2) is 0 Å². The van der Waals surface area contributed by atoms with Gasteiger partial charge in [0.2, 0.25) is 0 Å². The second-order valence-electron chi connectivity index (χ2n) is 6.58. The molecule has 0 N–H and O–H groups in total. The number of benzene rings is 2. The van der Waals surface area contributed by atoms with Gasteiger partial charge in [0, 0.05) is 20.3 Å². The zero-order valence-corrected chi connectivity index (χ0v) is 14.8. The van der Waals surface area contributed by atoms with Crippen LogP contribution >= 0.6 is 0 Å². The summed E-state index contributed by atoms with van der Waals surface area (Å²) in [5, 5.41) is 0. The molecule has 1 aliphatic rings. The maximum Gasteiger partial charge on any atom is 0.127 e. The third-order valence-corrected chi connectivity index (χ3v) is 5.11. The molecule has 0 saturated heterocycles. The van der Waals surface area contributed by atoms with E-state index in [1.54, 1.807) is 20.3 Å². The summed E-state index contributed by atoms with van der Waals surface area (Å²) in [7, 11) is 3.44. The van der Waals surface area contributed by atoms with Crippen molar-refractivity contribution in [2.45, 2.75) is 44.0 Å². The normalized spacial score (nSPS) is 23.4. The number of rotatable bonds is 6. The van der Waals surface area contributed by atoms with Crippen molar-refractivity contribution in [2.75, 3.05) is 14.2 Å².